The zero-order chi connectivity index (χ0) is 12.4. The first-order valence-corrected chi connectivity index (χ1v) is 6.54. The lowest BCUT2D eigenvalue weighted by molar-refractivity contribution is -0.0870. The highest BCUT2D eigenvalue weighted by Crippen LogP contribution is 2.32. The third kappa shape index (κ3) is 2.41. The molecule has 0 spiro atoms. The van der Waals surface area contributed by atoms with E-state index in [4.69, 9.17) is 9.47 Å². The van der Waals surface area contributed by atoms with E-state index in [9.17, 15) is 4.39 Å². The van der Waals surface area contributed by atoms with Crippen molar-refractivity contribution >= 4 is 0 Å². The average Bonchev–Trinajstić information content (AvgIpc) is 2.82. The third-order valence-corrected chi connectivity index (χ3v) is 3.69. The molecule has 4 heteroatoms. The average molecular weight is 251 g/mol. The van der Waals surface area contributed by atoms with E-state index in [1.807, 2.05) is 6.07 Å². The Balaban J connectivity index is 1.60. The molecular weight excluding hydrogens is 233 g/mol. The molecule has 0 bridgehead atoms. The van der Waals surface area contributed by atoms with E-state index in [1.165, 1.54) is 0 Å². The number of rotatable bonds is 3. The van der Waals surface area contributed by atoms with Crippen molar-refractivity contribution in [1.29, 1.82) is 0 Å². The van der Waals surface area contributed by atoms with Crippen molar-refractivity contribution in [3.05, 3.63) is 35.1 Å². The Morgan fingerprint density at radius 1 is 1.33 bits per heavy atom. The van der Waals surface area contributed by atoms with Gasteiger partial charge in [-0.3, -0.25) is 0 Å². The Labute approximate surface area is 106 Å². The quantitative estimate of drug-likeness (QED) is 0.889. The minimum atomic E-state index is -0.0750. The van der Waals surface area contributed by atoms with Crippen molar-refractivity contribution in [2.45, 2.75) is 25.0 Å². The lowest BCUT2D eigenvalue weighted by Gasteiger charge is -2.25. The molecule has 18 heavy (non-hydrogen) atoms. The molecule has 1 aromatic carbocycles. The summed E-state index contributed by atoms with van der Waals surface area (Å²) in [5, 5.41) is 3.46. The smallest absolute Gasteiger partial charge is 0.126 e. The predicted octanol–water partition coefficient (Wildman–Crippen LogP) is 1.82. The van der Waals surface area contributed by atoms with Crippen LogP contribution in [-0.4, -0.2) is 32.5 Å². The van der Waals surface area contributed by atoms with E-state index >= 15 is 0 Å². The van der Waals surface area contributed by atoms with Gasteiger partial charge < -0.3 is 14.8 Å². The van der Waals surface area contributed by atoms with E-state index < -0.39 is 0 Å². The fraction of sp³-hybridized carbons (Fsp3) is 0.571. The Hall–Kier alpha value is -0.970. The van der Waals surface area contributed by atoms with Crippen LogP contribution in [0.15, 0.2) is 18.2 Å². The van der Waals surface area contributed by atoms with Gasteiger partial charge in [0.1, 0.15) is 5.82 Å². The summed E-state index contributed by atoms with van der Waals surface area (Å²) in [7, 11) is 0. The van der Waals surface area contributed by atoms with Gasteiger partial charge in [0, 0.05) is 12.6 Å². The minimum Gasteiger partial charge on any atom is -0.376 e. The van der Waals surface area contributed by atoms with Crippen molar-refractivity contribution in [1.82, 2.24) is 5.32 Å². The van der Waals surface area contributed by atoms with E-state index in [-0.39, 0.29) is 18.0 Å². The van der Waals surface area contributed by atoms with E-state index in [0.29, 0.717) is 19.8 Å². The van der Waals surface area contributed by atoms with E-state index in [0.717, 1.165) is 30.5 Å². The Kier molecular flexibility index (Phi) is 3.59. The summed E-state index contributed by atoms with van der Waals surface area (Å²) >= 11 is 0. The molecule has 1 aliphatic heterocycles. The van der Waals surface area contributed by atoms with Gasteiger partial charge in [-0.05, 0) is 30.0 Å². The summed E-state index contributed by atoms with van der Waals surface area (Å²) in [5.74, 6) is -0.0750. The van der Waals surface area contributed by atoms with Crippen LogP contribution in [-0.2, 0) is 15.9 Å². The van der Waals surface area contributed by atoms with Gasteiger partial charge in [0.15, 0.2) is 0 Å². The molecule has 98 valence electrons. The summed E-state index contributed by atoms with van der Waals surface area (Å²) in [6, 6.07) is 5.59. The van der Waals surface area contributed by atoms with Gasteiger partial charge in [0.05, 0.1) is 25.9 Å². The highest BCUT2D eigenvalue weighted by atomic mass is 19.1. The maximum atomic E-state index is 13.6. The van der Waals surface area contributed by atoms with Crippen LogP contribution in [0.25, 0.3) is 0 Å². The second kappa shape index (κ2) is 5.34. The predicted molar refractivity (Wildman–Crippen MR) is 66.0 cm³/mol. The van der Waals surface area contributed by atoms with Crippen molar-refractivity contribution in [2.75, 3.05) is 26.4 Å². The molecule has 2 atom stereocenters. The lowest BCUT2D eigenvalue weighted by atomic mass is 10.1. The molecule has 0 aromatic heterocycles. The first kappa shape index (κ1) is 12.1. The normalized spacial score (nSPS) is 27.2. The van der Waals surface area contributed by atoms with Gasteiger partial charge in [-0.2, -0.15) is 0 Å². The van der Waals surface area contributed by atoms with Crippen LogP contribution in [0.5, 0.6) is 0 Å². The van der Waals surface area contributed by atoms with Gasteiger partial charge >= 0.3 is 0 Å². The molecule has 1 aromatic rings. The lowest BCUT2D eigenvalue weighted by Crippen LogP contribution is -2.38. The molecule has 1 heterocycles. The van der Waals surface area contributed by atoms with Crippen LogP contribution in [0.1, 0.15) is 23.6 Å². The number of nitrogens with one attached hydrogen (secondary N) is 1. The molecule has 1 fully saturated rings. The maximum Gasteiger partial charge on any atom is 0.126 e. The molecule has 2 unspecified atom stereocenters. The van der Waals surface area contributed by atoms with E-state index in [2.05, 4.69) is 5.32 Å². The largest absolute Gasteiger partial charge is 0.376 e. The second-order valence-corrected chi connectivity index (χ2v) is 4.87. The highest BCUT2D eigenvalue weighted by molar-refractivity contribution is 5.35. The molecule has 3 nitrogen and oxygen atoms in total. The summed E-state index contributed by atoms with van der Waals surface area (Å²) in [6.45, 7) is 2.77. The van der Waals surface area contributed by atoms with Gasteiger partial charge in [-0.1, -0.05) is 12.1 Å². The van der Waals surface area contributed by atoms with Crippen LogP contribution in [0.3, 0.4) is 0 Å². The first-order valence-electron chi connectivity index (χ1n) is 6.54. The minimum absolute atomic E-state index is 0.0750. The molecule has 0 radical (unpaired) electrons. The zero-order valence-corrected chi connectivity index (χ0v) is 10.3. The molecule has 1 aliphatic carbocycles. The number of fused-ring (bicyclic) bond motifs is 1. The maximum absolute atomic E-state index is 13.6. The molecule has 0 amide bonds. The number of halogens is 1. The molecular formula is C14H18FNO2. The van der Waals surface area contributed by atoms with E-state index in [1.54, 1.807) is 12.1 Å². The first-order chi connectivity index (χ1) is 8.84. The zero-order valence-electron chi connectivity index (χ0n) is 10.3. The third-order valence-electron chi connectivity index (χ3n) is 3.69. The van der Waals surface area contributed by atoms with Crippen molar-refractivity contribution < 1.29 is 13.9 Å². The molecule has 0 saturated carbocycles. The number of hydrogen-bond acceptors (Lipinski definition) is 3. The van der Waals surface area contributed by atoms with Crippen LogP contribution in [0.2, 0.25) is 0 Å². The molecule has 1 N–H and O–H groups in total. The Morgan fingerprint density at radius 2 is 2.28 bits per heavy atom. The monoisotopic (exact) mass is 251 g/mol. The fourth-order valence-electron chi connectivity index (χ4n) is 2.75. The standard InChI is InChI=1S/C14H18FNO2/c15-13-3-1-2-12-11(13)4-5-14(12)16-8-10-9-17-6-7-18-10/h1-3,10,14,16H,4-9H2. The topological polar surface area (TPSA) is 30.5 Å². The van der Waals surface area contributed by atoms with Crippen LogP contribution >= 0.6 is 0 Å². The number of hydrogen-bond donors (Lipinski definition) is 1. The number of ether oxygens (including phenoxy) is 2. The Morgan fingerprint density at radius 3 is 3.11 bits per heavy atom. The summed E-state index contributed by atoms with van der Waals surface area (Å²) in [4.78, 5) is 0. The summed E-state index contributed by atoms with van der Waals surface area (Å²) < 4.78 is 24.5. The van der Waals surface area contributed by atoms with Gasteiger partial charge in [-0.15, -0.1) is 0 Å². The van der Waals surface area contributed by atoms with Gasteiger partial charge in [-0.25, -0.2) is 4.39 Å². The Bertz CT molecular complexity index is 418. The summed E-state index contributed by atoms with van der Waals surface area (Å²) in [6.07, 6.45) is 1.90. The highest BCUT2D eigenvalue weighted by Gasteiger charge is 2.25. The fourth-order valence-corrected chi connectivity index (χ4v) is 2.75. The molecule has 3 rings (SSSR count). The van der Waals surface area contributed by atoms with Gasteiger partial charge in [0.2, 0.25) is 0 Å². The number of benzene rings is 1. The second-order valence-electron chi connectivity index (χ2n) is 4.87. The van der Waals surface area contributed by atoms with Gasteiger partial charge in [0.25, 0.3) is 0 Å². The van der Waals surface area contributed by atoms with Crippen molar-refractivity contribution in [3.63, 3.8) is 0 Å². The SMILES string of the molecule is Fc1cccc2c1CCC2NCC1COCCO1. The van der Waals surface area contributed by atoms with Crippen molar-refractivity contribution in [2.24, 2.45) is 0 Å². The van der Waals surface area contributed by atoms with Crippen molar-refractivity contribution in [3.8, 4) is 0 Å². The molecule has 2 aliphatic rings. The summed E-state index contributed by atoms with van der Waals surface area (Å²) in [5.41, 5.74) is 1.97. The van der Waals surface area contributed by atoms with Crippen LogP contribution < -0.4 is 5.32 Å². The molecule has 1 saturated heterocycles. The van der Waals surface area contributed by atoms with Crippen LogP contribution in [0, 0.1) is 5.82 Å². The van der Waals surface area contributed by atoms with Crippen LogP contribution in [0.4, 0.5) is 4.39 Å².